The molecule has 1 rings (SSSR count). The van der Waals surface area contributed by atoms with Crippen LogP contribution in [0.5, 0.6) is 0 Å². The number of likely N-dealkylation sites (N-methyl/N-ethyl adjacent to an activating group) is 1. The minimum Gasteiger partial charge on any atom is -0.353 e. The highest BCUT2D eigenvalue weighted by molar-refractivity contribution is 9.10. The molecule has 4 nitrogen and oxygen atoms in total. The highest BCUT2D eigenvalue weighted by Crippen LogP contribution is 2.20. The zero-order valence-corrected chi connectivity index (χ0v) is 13.3. The first-order chi connectivity index (χ1) is 8.87. The van der Waals surface area contributed by atoms with Gasteiger partial charge in [-0.05, 0) is 38.1 Å². The molecule has 0 saturated heterocycles. The van der Waals surface area contributed by atoms with Crippen LogP contribution in [0.25, 0.3) is 0 Å². The van der Waals surface area contributed by atoms with Gasteiger partial charge in [0, 0.05) is 17.1 Å². The van der Waals surface area contributed by atoms with Crippen LogP contribution in [0.1, 0.15) is 26.3 Å². The summed E-state index contributed by atoms with van der Waals surface area (Å²) in [6.45, 7) is 7.23. The third-order valence-electron chi connectivity index (χ3n) is 3.04. The highest BCUT2D eigenvalue weighted by atomic mass is 79.9. The van der Waals surface area contributed by atoms with Gasteiger partial charge in [-0.2, -0.15) is 0 Å². The van der Waals surface area contributed by atoms with Gasteiger partial charge >= 0.3 is 0 Å². The maximum absolute atomic E-state index is 12.2. The lowest BCUT2D eigenvalue weighted by atomic mass is 9.92. The van der Waals surface area contributed by atoms with E-state index in [2.05, 4.69) is 26.6 Å². The molecule has 0 aliphatic rings. The van der Waals surface area contributed by atoms with Crippen LogP contribution < -0.4 is 16.4 Å². The van der Waals surface area contributed by atoms with Gasteiger partial charge in [0.05, 0.1) is 0 Å². The Morgan fingerprint density at radius 3 is 2.53 bits per heavy atom. The van der Waals surface area contributed by atoms with Crippen LogP contribution in [-0.4, -0.2) is 25.0 Å². The zero-order chi connectivity index (χ0) is 14.5. The number of hydrogen-bond acceptors (Lipinski definition) is 3. The van der Waals surface area contributed by atoms with E-state index in [0.29, 0.717) is 6.54 Å². The molecule has 4 N–H and O–H groups in total. The summed E-state index contributed by atoms with van der Waals surface area (Å²) in [5.74, 6) is -0.167. The molecule has 19 heavy (non-hydrogen) atoms. The molecular formula is C14H22BrN3O. The van der Waals surface area contributed by atoms with Crippen molar-refractivity contribution in [1.29, 1.82) is 0 Å². The Morgan fingerprint density at radius 1 is 1.42 bits per heavy atom. The fraction of sp³-hybridized carbons (Fsp3) is 0.500. The van der Waals surface area contributed by atoms with Crippen LogP contribution in [0, 0.1) is 0 Å². The van der Waals surface area contributed by atoms with Gasteiger partial charge in [0.2, 0.25) is 5.91 Å². The molecule has 0 radical (unpaired) electrons. The van der Waals surface area contributed by atoms with Gasteiger partial charge in [-0.25, -0.2) is 0 Å². The van der Waals surface area contributed by atoms with E-state index in [1.807, 2.05) is 38.1 Å². The second-order valence-corrected chi connectivity index (χ2v) is 5.79. The molecular weight excluding hydrogens is 306 g/mol. The first-order valence-corrected chi connectivity index (χ1v) is 7.23. The average molecular weight is 328 g/mol. The monoisotopic (exact) mass is 327 g/mol. The second kappa shape index (κ2) is 7.03. The number of rotatable bonds is 6. The Kier molecular flexibility index (Phi) is 5.97. The molecule has 1 aromatic rings. The Labute approximate surface area is 123 Å². The molecule has 1 aromatic carbocycles. The topological polar surface area (TPSA) is 67.1 Å². The van der Waals surface area contributed by atoms with Crippen molar-refractivity contribution >= 4 is 21.8 Å². The van der Waals surface area contributed by atoms with Gasteiger partial charge in [0.15, 0.2) is 0 Å². The molecule has 0 aliphatic heterocycles. The summed E-state index contributed by atoms with van der Waals surface area (Å²) in [4.78, 5) is 12.2. The maximum Gasteiger partial charge on any atom is 0.244 e. The third kappa shape index (κ3) is 4.60. The lowest BCUT2D eigenvalue weighted by Crippen LogP contribution is -2.51. The quantitative estimate of drug-likeness (QED) is 0.745. The number of nitrogens with one attached hydrogen (secondary N) is 2. The number of nitrogens with two attached hydrogens (primary N) is 1. The van der Waals surface area contributed by atoms with Crippen LogP contribution in [0.4, 0.5) is 0 Å². The largest absolute Gasteiger partial charge is 0.353 e. The Balaban J connectivity index is 2.66. The van der Waals surface area contributed by atoms with Crippen molar-refractivity contribution in [3.63, 3.8) is 0 Å². The van der Waals surface area contributed by atoms with Crippen molar-refractivity contribution in [2.75, 3.05) is 13.1 Å². The van der Waals surface area contributed by atoms with Gasteiger partial charge in [0.1, 0.15) is 5.54 Å². The van der Waals surface area contributed by atoms with Crippen LogP contribution in [-0.2, 0) is 10.3 Å². The molecule has 5 heteroatoms. The number of carbonyl (C=O) groups excluding carboxylic acids is 1. The lowest BCUT2D eigenvalue weighted by molar-refractivity contribution is -0.126. The summed E-state index contributed by atoms with van der Waals surface area (Å²) in [6, 6.07) is 7.72. The second-order valence-electron chi connectivity index (χ2n) is 4.88. The van der Waals surface area contributed by atoms with E-state index in [9.17, 15) is 4.79 Å². The predicted octanol–water partition coefficient (Wildman–Crippen LogP) is 1.74. The van der Waals surface area contributed by atoms with Crippen LogP contribution in [0.15, 0.2) is 28.7 Å². The van der Waals surface area contributed by atoms with Gasteiger partial charge in [0.25, 0.3) is 0 Å². The highest BCUT2D eigenvalue weighted by Gasteiger charge is 2.30. The smallest absolute Gasteiger partial charge is 0.244 e. The van der Waals surface area contributed by atoms with E-state index in [1.165, 1.54) is 0 Å². The van der Waals surface area contributed by atoms with Crippen molar-refractivity contribution in [3.05, 3.63) is 34.3 Å². The van der Waals surface area contributed by atoms with Crippen molar-refractivity contribution in [2.45, 2.75) is 32.4 Å². The van der Waals surface area contributed by atoms with Gasteiger partial charge in [-0.3, -0.25) is 4.79 Å². The van der Waals surface area contributed by atoms with Crippen LogP contribution >= 0.6 is 15.9 Å². The standard InChI is InChI=1S/C14H22BrN3O/c1-4-17-10(2)9-18-13(19)14(3,16)11-5-7-12(15)8-6-11/h5-8,10,17H,4,9,16H2,1-3H3,(H,18,19)/t10-,14?/m1/s1. The predicted molar refractivity (Wildman–Crippen MR) is 81.8 cm³/mol. The van der Waals surface area contributed by atoms with Crippen LogP contribution in [0.2, 0.25) is 0 Å². The minimum absolute atomic E-state index is 0.167. The molecule has 0 bridgehead atoms. The van der Waals surface area contributed by atoms with E-state index < -0.39 is 5.54 Å². The Morgan fingerprint density at radius 2 is 2.00 bits per heavy atom. The average Bonchev–Trinajstić information content (AvgIpc) is 2.36. The SMILES string of the molecule is CCN[C@H](C)CNC(=O)C(C)(N)c1ccc(Br)cc1. The van der Waals surface area contributed by atoms with Gasteiger partial charge in [-0.15, -0.1) is 0 Å². The molecule has 2 atom stereocenters. The van der Waals surface area contributed by atoms with Gasteiger partial charge < -0.3 is 16.4 Å². The van der Waals surface area contributed by atoms with E-state index >= 15 is 0 Å². The number of hydrogen-bond donors (Lipinski definition) is 3. The molecule has 0 aliphatic carbocycles. The maximum atomic E-state index is 12.2. The van der Waals surface area contributed by atoms with E-state index in [0.717, 1.165) is 16.6 Å². The molecule has 106 valence electrons. The van der Waals surface area contributed by atoms with E-state index in [1.54, 1.807) is 6.92 Å². The van der Waals surface area contributed by atoms with E-state index in [-0.39, 0.29) is 11.9 Å². The molecule has 0 saturated carbocycles. The zero-order valence-electron chi connectivity index (χ0n) is 11.7. The fourth-order valence-electron chi connectivity index (χ4n) is 1.78. The minimum atomic E-state index is -1.02. The Bertz CT molecular complexity index is 417. The molecule has 1 unspecified atom stereocenters. The number of amides is 1. The molecule has 1 amide bonds. The number of benzene rings is 1. The summed E-state index contributed by atoms with van der Waals surface area (Å²) in [7, 11) is 0. The lowest BCUT2D eigenvalue weighted by Gasteiger charge is -2.25. The van der Waals surface area contributed by atoms with Gasteiger partial charge in [-0.1, -0.05) is 35.0 Å². The van der Waals surface area contributed by atoms with E-state index in [4.69, 9.17) is 5.73 Å². The summed E-state index contributed by atoms with van der Waals surface area (Å²) in [6.07, 6.45) is 0. The van der Waals surface area contributed by atoms with Crippen molar-refractivity contribution in [3.8, 4) is 0 Å². The third-order valence-corrected chi connectivity index (χ3v) is 3.57. The number of carbonyl (C=O) groups is 1. The molecule has 0 spiro atoms. The summed E-state index contributed by atoms with van der Waals surface area (Å²) in [5, 5.41) is 6.12. The normalized spacial score (nSPS) is 15.6. The van der Waals surface area contributed by atoms with Crippen molar-refractivity contribution in [2.24, 2.45) is 5.73 Å². The molecule has 0 aromatic heterocycles. The summed E-state index contributed by atoms with van der Waals surface area (Å²) < 4.78 is 0.966. The molecule has 0 fully saturated rings. The van der Waals surface area contributed by atoms with Crippen LogP contribution in [0.3, 0.4) is 0 Å². The first kappa shape index (κ1) is 16.1. The Hall–Kier alpha value is -0.910. The summed E-state index contributed by atoms with van der Waals surface area (Å²) >= 11 is 3.37. The summed E-state index contributed by atoms with van der Waals surface area (Å²) in [5.41, 5.74) is 5.92. The van der Waals surface area contributed by atoms with Crippen molar-refractivity contribution in [1.82, 2.24) is 10.6 Å². The van der Waals surface area contributed by atoms with Crippen molar-refractivity contribution < 1.29 is 4.79 Å². The first-order valence-electron chi connectivity index (χ1n) is 6.44. The molecule has 0 heterocycles. The number of halogens is 1. The fourth-order valence-corrected chi connectivity index (χ4v) is 2.04.